The average Bonchev–Trinajstić information content (AvgIpc) is 2.98. The van der Waals surface area contributed by atoms with Crippen LogP contribution in [-0.4, -0.2) is 34.5 Å². The van der Waals surface area contributed by atoms with Crippen molar-refractivity contribution in [3.63, 3.8) is 0 Å². The number of aromatic nitrogens is 1. The van der Waals surface area contributed by atoms with Gasteiger partial charge in [0.15, 0.2) is 0 Å². The molecule has 0 radical (unpaired) electrons. The van der Waals surface area contributed by atoms with E-state index in [2.05, 4.69) is 9.88 Å². The first-order valence-corrected chi connectivity index (χ1v) is 7.73. The van der Waals surface area contributed by atoms with Crippen molar-refractivity contribution in [1.82, 2.24) is 9.88 Å². The summed E-state index contributed by atoms with van der Waals surface area (Å²) in [7, 11) is 0. The fourth-order valence-electron chi connectivity index (χ4n) is 3.51. The first kappa shape index (κ1) is 13.2. The summed E-state index contributed by atoms with van der Waals surface area (Å²) < 4.78 is 5.29. The molecular formula is C16H17ClN2O2. The lowest BCUT2D eigenvalue weighted by atomic mass is 10.0. The van der Waals surface area contributed by atoms with Crippen molar-refractivity contribution in [3.8, 4) is 0 Å². The molecule has 2 aromatic rings. The highest BCUT2D eigenvalue weighted by Crippen LogP contribution is 2.32. The number of esters is 1. The Labute approximate surface area is 128 Å². The zero-order valence-electron chi connectivity index (χ0n) is 11.9. The van der Waals surface area contributed by atoms with Crippen molar-refractivity contribution in [3.05, 3.63) is 34.5 Å². The lowest BCUT2D eigenvalue weighted by Crippen LogP contribution is -2.41. The maximum atomic E-state index is 12.0. The van der Waals surface area contributed by atoms with E-state index in [-0.39, 0.29) is 18.1 Å². The van der Waals surface area contributed by atoms with Gasteiger partial charge in [-0.15, -0.1) is 0 Å². The molecule has 0 saturated carbocycles. The number of hydrogen-bond acceptors (Lipinski definition) is 3. The number of ether oxygens (including phenoxy) is 1. The molecule has 1 fully saturated rings. The topological polar surface area (TPSA) is 45.3 Å². The van der Waals surface area contributed by atoms with Gasteiger partial charge in [0.1, 0.15) is 12.1 Å². The van der Waals surface area contributed by atoms with Gasteiger partial charge >= 0.3 is 5.97 Å². The fraction of sp³-hybridized carbons (Fsp3) is 0.438. The number of cyclic esters (lactones) is 1. The molecule has 3 heterocycles. The number of H-pyrrole nitrogens is 1. The SMILES string of the molecule is C[C@@H]1C[C@@H](N2CCc3[nH]c4ccc(Cl)cc4c3C2)C(=O)O1. The quantitative estimate of drug-likeness (QED) is 0.824. The van der Waals surface area contributed by atoms with Gasteiger partial charge in [-0.3, -0.25) is 9.69 Å². The van der Waals surface area contributed by atoms with Gasteiger partial charge in [-0.05, 0) is 30.7 Å². The number of carbonyl (C=O) groups excluding carboxylic acids is 1. The molecule has 110 valence electrons. The van der Waals surface area contributed by atoms with Crippen LogP contribution in [0.25, 0.3) is 10.9 Å². The first-order chi connectivity index (χ1) is 10.1. The van der Waals surface area contributed by atoms with Gasteiger partial charge in [-0.2, -0.15) is 0 Å². The standard InChI is InChI=1S/C16H17ClN2O2/c1-9-6-15(16(20)21-9)19-5-4-14-12(8-19)11-7-10(17)2-3-13(11)18-14/h2-3,7,9,15,18H,4-6,8H2,1H3/t9-,15-/m1/s1. The smallest absolute Gasteiger partial charge is 0.323 e. The maximum Gasteiger partial charge on any atom is 0.323 e. The largest absolute Gasteiger partial charge is 0.461 e. The molecule has 1 aromatic heterocycles. The second kappa shape index (κ2) is 4.75. The van der Waals surface area contributed by atoms with Gasteiger partial charge < -0.3 is 9.72 Å². The molecule has 2 atom stereocenters. The monoisotopic (exact) mass is 304 g/mol. The van der Waals surface area contributed by atoms with E-state index in [1.165, 1.54) is 16.6 Å². The van der Waals surface area contributed by atoms with Crippen LogP contribution in [-0.2, 0) is 22.5 Å². The van der Waals surface area contributed by atoms with E-state index >= 15 is 0 Å². The summed E-state index contributed by atoms with van der Waals surface area (Å²) in [6, 6.07) is 5.83. The molecule has 0 aliphatic carbocycles. The van der Waals surface area contributed by atoms with Crippen LogP contribution in [0.5, 0.6) is 0 Å². The molecule has 2 aliphatic rings. The Morgan fingerprint density at radius 1 is 1.43 bits per heavy atom. The third kappa shape index (κ3) is 2.14. The second-order valence-electron chi connectivity index (χ2n) is 5.99. The fourth-order valence-corrected chi connectivity index (χ4v) is 3.68. The summed E-state index contributed by atoms with van der Waals surface area (Å²) in [6.45, 7) is 3.63. The van der Waals surface area contributed by atoms with Crippen LogP contribution in [0, 0.1) is 0 Å². The lowest BCUT2D eigenvalue weighted by molar-refractivity contribution is -0.145. The zero-order chi connectivity index (χ0) is 14.6. The summed E-state index contributed by atoms with van der Waals surface area (Å²) in [5, 5.41) is 1.91. The molecule has 0 bridgehead atoms. The number of aromatic amines is 1. The highest BCUT2D eigenvalue weighted by molar-refractivity contribution is 6.31. The van der Waals surface area contributed by atoms with Gasteiger partial charge in [0.05, 0.1) is 0 Å². The summed E-state index contributed by atoms with van der Waals surface area (Å²) in [6.07, 6.45) is 1.75. The number of benzene rings is 1. The minimum absolute atomic E-state index is 0.0290. The van der Waals surface area contributed by atoms with Gasteiger partial charge in [-0.1, -0.05) is 11.6 Å². The number of nitrogens with one attached hydrogen (secondary N) is 1. The summed E-state index contributed by atoms with van der Waals surface area (Å²) >= 11 is 6.12. The molecule has 0 spiro atoms. The Hall–Kier alpha value is -1.52. The molecule has 1 aromatic carbocycles. The van der Waals surface area contributed by atoms with Gasteiger partial charge in [0.2, 0.25) is 0 Å². The molecule has 4 rings (SSSR count). The van der Waals surface area contributed by atoms with Gasteiger partial charge in [0.25, 0.3) is 0 Å². The van der Waals surface area contributed by atoms with Crippen molar-refractivity contribution in [1.29, 1.82) is 0 Å². The highest BCUT2D eigenvalue weighted by Gasteiger charge is 2.38. The molecule has 1 saturated heterocycles. The van der Waals surface area contributed by atoms with E-state index in [0.717, 1.165) is 36.5 Å². The van der Waals surface area contributed by atoms with E-state index in [1.54, 1.807) is 0 Å². The number of fused-ring (bicyclic) bond motifs is 3. The lowest BCUT2D eigenvalue weighted by Gasteiger charge is -2.30. The molecule has 0 amide bonds. The number of nitrogens with zero attached hydrogens (tertiary/aromatic N) is 1. The third-order valence-corrected chi connectivity index (χ3v) is 4.79. The van der Waals surface area contributed by atoms with E-state index in [9.17, 15) is 4.79 Å². The molecule has 0 unspecified atom stereocenters. The predicted octanol–water partition coefficient (Wildman–Crippen LogP) is 2.88. The van der Waals surface area contributed by atoms with Gasteiger partial charge in [-0.25, -0.2) is 0 Å². The van der Waals surface area contributed by atoms with Crippen LogP contribution in [0.4, 0.5) is 0 Å². The third-order valence-electron chi connectivity index (χ3n) is 4.55. The number of halogens is 1. The van der Waals surface area contributed by atoms with Crippen LogP contribution in [0.1, 0.15) is 24.6 Å². The van der Waals surface area contributed by atoms with Crippen molar-refractivity contribution in [2.75, 3.05) is 6.54 Å². The number of hydrogen-bond donors (Lipinski definition) is 1. The second-order valence-corrected chi connectivity index (χ2v) is 6.43. The van der Waals surface area contributed by atoms with Crippen molar-refractivity contribution >= 4 is 28.5 Å². The Morgan fingerprint density at radius 3 is 3.05 bits per heavy atom. The first-order valence-electron chi connectivity index (χ1n) is 7.35. The van der Waals surface area contributed by atoms with Crippen LogP contribution in [0.2, 0.25) is 5.02 Å². The predicted molar refractivity (Wildman–Crippen MR) is 81.4 cm³/mol. The summed E-state index contributed by atoms with van der Waals surface area (Å²) in [4.78, 5) is 17.7. The van der Waals surface area contributed by atoms with Gasteiger partial charge in [0, 0.05) is 47.6 Å². The zero-order valence-corrected chi connectivity index (χ0v) is 12.6. The van der Waals surface area contributed by atoms with Crippen LogP contribution < -0.4 is 0 Å². The Kier molecular flexibility index (Phi) is 2.98. The maximum absolute atomic E-state index is 12.0. The number of carbonyl (C=O) groups is 1. The molecule has 5 heteroatoms. The van der Waals surface area contributed by atoms with E-state index in [0.29, 0.717) is 0 Å². The highest BCUT2D eigenvalue weighted by atomic mass is 35.5. The average molecular weight is 305 g/mol. The molecule has 21 heavy (non-hydrogen) atoms. The minimum atomic E-state index is -0.0997. The van der Waals surface area contributed by atoms with Crippen LogP contribution in [0.15, 0.2) is 18.2 Å². The van der Waals surface area contributed by atoms with Crippen molar-refractivity contribution < 1.29 is 9.53 Å². The number of rotatable bonds is 1. The molecule has 2 aliphatic heterocycles. The Morgan fingerprint density at radius 2 is 2.29 bits per heavy atom. The Bertz CT molecular complexity index is 724. The summed E-state index contributed by atoms with van der Waals surface area (Å²) in [5.41, 5.74) is 3.66. The van der Waals surface area contributed by atoms with Crippen molar-refractivity contribution in [2.24, 2.45) is 0 Å². The molecular weight excluding hydrogens is 288 g/mol. The van der Waals surface area contributed by atoms with E-state index in [4.69, 9.17) is 16.3 Å². The van der Waals surface area contributed by atoms with Crippen molar-refractivity contribution in [2.45, 2.75) is 38.5 Å². The van der Waals surface area contributed by atoms with Crippen LogP contribution >= 0.6 is 11.6 Å². The van der Waals surface area contributed by atoms with E-state index in [1.807, 2.05) is 25.1 Å². The Balaban J connectivity index is 1.69. The van der Waals surface area contributed by atoms with Crippen LogP contribution in [0.3, 0.4) is 0 Å². The van der Waals surface area contributed by atoms with E-state index < -0.39 is 0 Å². The molecule has 4 nitrogen and oxygen atoms in total. The summed E-state index contributed by atoms with van der Waals surface area (Å²) in [5.74, 6) is -0.0798. The normalized spacial score (nSPS) is 26.1. The molecule has 1 N–H and O–H groups in total. The minimum Gasteiger partial charge on any atom is -0.461 e.